The number of nitrogens with one attached hydrogen (secondary N) is 1. The Hall–Kier alpha value is -3.41. The van der Waals surface area contributed by atoms with Crippen LogP contribution in [0.2, 0.25) is 0 Å². The monoisotopic (exact) mass is 388 g/mol. The summed E-state index contributed by atoms with van der Waals surface area (Å²) in [6.45, 7) is 3.42. The van der Waals surface area contributed by atoms with Crippen LogP contribution in [0.1, 0.15) is 25.0 Å². The lowest BCUT2D eigenvalue weighted by atomic mass is 10.1. The molecule has 0 unspecified atom stereocenters. The van der Waals surface area contributed by atoms with Crippen LogP contribution in [-0.2, 0) is 16.1 Å². The van der Waals surface area contributed by atoms with E-state index in [9.17, 15) is 9.59 Å². The molecule has 3 aromatic rings. The first-order valence-electron chi connectivity index (χ1n) is 9.90. The van der Waals surface area contributed by atoms with Crippen LogP contribution in [0.25, 0.3) is 11.1 Å². The van der Waals surface area contributed by atoms with Gasteiger partial charge in [0.15, 0.2) is 0 Å². The minimum Gasteiger partial charge on any atom is -0.326 e. The van der Waals surface area contributed by atoms with Crippen LogP contribution in [0, 0.1) is 6.92 Å². The van der Waals surface area contributed by atoms with Crippen molar-refractivity contribution in [2.45, 2.75) is 32.7 Å². The average Bonchev–Trinajstić information content (AvgIpc) is 3.13. The number of nitrogens with zero attached hydrogens (tertiary/aromatic N) is 3. The van der Waals surface area contributed by atoms with Gasteiger partial charge >= 0.3 is 0 Å². The molecule has 4 rings (SSSR count). The Morgan fingerprint density at radius 2 is 1.69 bits per heavy atom. The molecule has 0 saturated carbocycles. The molecule has 1 aromatic heterocycles. The van der Waals surface area contributed by atoms with E-state index in [2.05, 4.69) is 10.4 Å². The summed E-state index contributed by atoms with van der Waals surface area (Å²) in [5, 5.41) is 7.28. The maximum Gasteiger partial charge on any atom is 0.228 e. The summed E-state index contributed by atoms with van der Waals surface area (Å²) in [4.78, 5) is 26.7. The number of fused-ring (bicyclic) bond motifs is 1. The lowest BCUT2D eigenvalue weighted by Crippen LogP contribution is -2.37. The molecule has 2 heterocycles. The summed E-state index contributed by atoms with van der Waals surface area (Å²) in [6.07, 6.45) is 1.21. The Labute approximate surface area is 170 Å². The van der Waals surface area contributed by atoms with Crippen LogP contribution in [0.4, 0.5) is 11.5 Å². The van der Waals surface area contributed by atoms with Gasteiger partial charge in [-0.2, -0.15) is 5.10 Å². The molecule has 0 radical (unpaired) electrons. The minimum atomic E-state index is -0.160. The van der Waals surface area contributed by atoms with E-state index in [4.69, 9.17) is 0 Å². The summed E-state index contributed by atoms with van der Waals surface area (Å²) < 4.78 is 1.87. The molecule has 0 saturated heterocycles. The van der Waals surface area contributed by atoms with Crippen molar-refractivity contribution >= 4 is 23.3 Å². The first-order chi connectivity index (χ1) is 14.1. The van der Waals surface area contributed by atoms with Crippen molar-refractivity contribution in [3.8, 4) is 11.1 Å². The van der Waals surface area contributed by atoms with Crippen LogP contribution in [-0.4, -0.2) is 28.1 Å². The van der Waals surface area contributed by atoms with Gasteiger partial charge in [-0.05, 0) is 36.6 Å². The van der Waals surface area contributed by atoms with Crippen LogP contribution >= 0.6 is 0 Å². The Morgan fingerprint density at radius 1 is 0.966 bits per heavy atom. The smallest absolute Gasteiger partial charge is 0.228 e. The molecule has 1 aliphatic rings. The third kappa shape index (κ3) is 4.37. The predicted molar refractivity (Wildman–Crippen MR) is 114 cm³/mol. The zero-order valence-corrected chi connectivity index (χ0v) is 16.5. The van der Waals surface area contributed by atoms with Crippen molar-refractivity contribution in [2.75, 3.05) is 16.8 Å². The third-order valence-electron chi connectivity index (χ3n) is 5.05. The van der Waals surface area contributed by atoms with Crippen LogP contribution < -0.4 is 10.2 Å². The van der Waals surface area contributed by atoms with Gasteiger partial charge in [0.25, 0.3) is 0 Å². The van der Waals surface area contributed by atoms with Gasteiger partial charge in [-0.25, -0.2) is 4.68 Å². The van der Waals surface area contributed by atoms with Crippen LogP contribution in [0.3, 0.4) is 0 Å². The van der Waals surface area contributed by atoms with Gasteiger partial charge in [0.1, 0.15) is 5.82 Å². The van der Waals surface area contributed by atoms with Gasteiger partial charge in [0.05, 0.1) is 5.69 Å². The number of amides is 2. The summed E-state index contributed by atoms with van der Waals surface area (Å²) in [5.41, 5.74) is 3.85. The van der Waals surface area contributed by atoms with E-state index in [0.29, 0.717) is 6.54 Å². The molecule has 29 heavy (non-hydrogen) atoms. The molecular weight excluding hydrogens is 364 g/mol. The van der Waals surface area contributed by atoms with E-state index in [1.165, 1.54) is 0 Å². The maximum absolute atomic E-state index is 12.6. The fourth-order valence-corrected chi connectivity index (χ4v) is 3.61. The molecule has 0 bridgehead atoms. The number of hydrogen-bond donors (Lipinski definition) is 1. The second-order valence-electron chi connectivity index (χ2n) is 7.26. The molecule has 2 amide bonds. The number of carbonyl (C=O) groups is 2. The van der Waals surface area contributed by atoms with Crippen molar-refractivity contribution in [1.29, 1.82) is 0 Å². The highest BCUT2D eigenvalue weighted by Crippen LogP contribution is 2.23. The van der Waals surface area contributed by atoms with Crippen molar-refractivity contribution in [1.82, 2.24) is 9.78 Å². The van der Waals surface area contributed by atoms with Gasteiger partial charge < -0.3 is 5.32 Å². The number of carbonyl (C=O) groups excluding carboxylic acids is 2. The summed E-state index contributed by atoms with van der Waals surface area (Å²) in [6, 6.07) is 19.7. The van der Waals surface area contributed by atoms with Crippen molar-refractivity contribution in [3.63, 3.8) is 0 Å². The zero-order chi connectivity index (χ0) is 20.2. The quantitative estimate of drug-likeness (QED) is 0.718. The molecule has 148 valence electrons. The maximum atomic E-state index is 12.6. The lowest BCUT2D eigenvalue weighted by Gasteiger charge is -2.27. The lowest BCUT2D eigenvalue weighted by molar-refractivity contribution is -0.122. The fraction of sp³-hybridized carbons (Fsp3) is 0.261. The van der Waals surface area contributed by atoms with Crippen molar-refractivity contribution in [2.24, 2.45) is 0 Å². The minimum absolute atomic E-state index is 0.0413. The molecule has 6 nitrogen and oxygen atoms in total. The van der Waals surface area contributed by atoms with E-state index < -0.39 is 0 Å². The van der Waals surface area contributed by atoms with Gasteiger partial charge in [-0.1, -0.05) is 42.5 Å². The number of aromatic nitrogens is 2. The van der Waals surface area contributed by atoms with Crippen LogP contribution in [0.15, 0.2) is 60.7 Å². The van der Waals surface area contributed by atoms with Gasteiger partial charge in [0.2, 0.25) is 11.8 Å². The highest BCUT2D eigenvalue weighted by atomic mass is 16.2. The zero-order valence-electron chi connectivity index (χ0n) is 16.5. The van der Waals surface area contributed by atoms with E-state index in [1.54, 1.807) is 4.90 Å². The molecule has 2 aromatic carbocycles. The number of aryl methyl sites for hydroxylation is 2. The topological polar surface area (TPSA) is 67.2 Å². The first kappa shape index (κ1) is 18.9. The second-order valence-corrected chi connectivity index (χ2v) is 7.26. The molecule has 6 heteroatoms. The van der Waals surface area contributed by atoms with Gasteiger partial charge in [0, 0.05) is 37.7 Å². The van der Waals surface area contributed by atoms with E-state index in [1.807, 2.05) is 72.3 Å². The molecule has 0 aliphatic carbocycles. The summed E-state index contributed by atoms with van der Waals surface area (Å²) in [7, 11) is 0. The molecular formula is C23H24N4O2. The SMILES string of the molecule is Cc1cc2n(n1)CCCN2C(=O)CCC(=O)Nc1ccc(-c2ccccc2)cc1. The fourth-order valence-electron chi connectivity index (χ4n) is 3.61. The van der Waals surface area contributed by atoms with Gasteiger partial charge in [-0.3, -0.25) is 14.5 Å². The number of anilines is 2. The average molecular weight is 388 g/mol. The van der Waals surface area contributed by atoms with E-state index >= 15 is 0 Å². The van der Waals surface area contributed by atoms with Crippen LogP contribution in [0.5, 0.6) is 0 Å². The molecule has 1 N–H and O–H groups in total. The summed E-state index contributed by atoms with van der Waals surface area (Å²) >= 11 is 0. The molecule has 0 atom stereocenters. The standard InChI is InChI=1S/C23H24N4O2/c1-17-16-22-26(14-5-15-27(22)25-17)23(29)13-12-21(28)24-20-10-8-19(9-11-20)18-6-3-2-4-7-18/h2-4,6-11,16H,5,12-15H2,1H3,(H,24,28). The van der Waals surface area contributed by atoms with Gasteiger partial charge in [-0.15, -0.1) is 0 Å². The largest absolute Gasteiger partial charge is 0.326 e. The highest BCUT2D eigenvalue weighted by Gasteiger charge is 2.24. The normalized spacial score (nSPS) is 13.1. The Kier molecular flexibility index (Phi) is 5.42. The van der Waals surface area contributed by atoms with Crippen molar-refractivity contribution in [3.05, 3.63) is 66.4 Å². The Morgan fingerprint density at radius 3 is 2.45 bits per heavy atom. The van der Waals surface area contributed by atoms with E-state index in [0.717, 1.165) is 41.3 Å². The Balaban J connectivity index is 1.32. The predicted octanol–water partition coefficient (Wildman–Crippen LogP) is 4.01. The first-order valence-corrected chi connectivity index (χ1v) is 9.90. The molecule has 1 aliphatic heterocycles. The van der Waals surface area contributed by atoms with Crippen molar-refractivity contribution < 1.29 is 9.59 Å². The Bertz CT molecular complexity index is 1010. The summed E-state index contributed by atoms with van der Waals surface area (Å²) in [5.74, 6) is 0.628. The number of hydrogen-bond acceptors (Lipinski definition) is 3. The molecule has 0 fully saturated rings. The second kappa shape index (κ2) is 8.31. The molecule has 0 spiro atoms. The number of benzene rings is 2. The highest BCUT2D eigenvalue weighted by molar-refractivity contribution is 5.98. The number of rotatable bonds is 5. The van der Waals surface area contributed by atoms with E-state index in [-0.39, 0.29) is 24.7 Å². The third-order valence-corrected chi connectivity index (χ3v) is 5.05.